The molecule has 3 heteroatoms. The van der Waals surface area contributed by atoms with E-state index in [-0.39, 0.29) is 5.54 Å². The van der Waals surface area contributed by atoms with E-state index in [1.54, 1.807) is 0 Å². The van der Waals surface area contributed by atoms with E-state index in [9.17, 15) is 4.21 Å². The molecule has 0 radical (unpaired) electrons. The summed E-state index contributed by atoms with van der Waals surface area (Å²) in [5.74, 6) is 0. The van der Waals surface area contributed by atoms with Gasteiger partial charge in [-0.2, -0.15) is 0 Å². The third-order valence-electron chi connectivity index (χ3n) is 2.42. The highest BCUT2D eigenvalue weighted by Gasteiger charge is 2.34. The number of hydrogen-bond acceptors (Lipinski definition) is 1. The third-order valence-corrected chi connectivity index (χ3v) is 4.27. The number of fused-ring (bicyclic) bond motifs is 1. The molecule has 1 aliphatic heterocycles. The predicted octanol–water partition coefficient (Wildman–Crippen LogP) is 2.32. The van der Waals surface area contributed by atoms with Gasteiger partial charge in [-0.25, -0.2) is 8.51 Å². The summed E-state index contributed by atoms with van der Waals surface area (Å²) in [6, 6.07) is 7.96. The first-order valence-corrected chi connectivity index (χ1v) is 5.88. The molecule has 0 aliphatic carbocycles. The first kappa shape index (κ1) is 9.87. The molecule has 2 rings (SSSR count). The Hall–Kier alpha value is -0.670. The summed E-state index contributed by atoms with van der Waals surface area (Å²) in [4.78, 5) is 0.974. The zero-order valence-electron chi connectivity index (χ0n) is 8.78. The summed E-state index contributed by atoms with van der Waals surface area (Å²) in [6.45, 7) is 7.08. The molecular formula is C11H15NOS. The number of nitrogens with zero attached hydrogens (tertiary/aromatic N) is 1. The fourth-order valence-electron chi connectivity index (χ4n) is 1.62. The highest BCUT2D eigenvalue weighted by atomic mass is 32.2. The largest absolute Gasteiger partial charge is 0.237 e. The summed E-state index contributed by atoms with van der Waals surface area (Å²) < 4.78 is 14.1. The van der Waals surface area contributed by atoms with E-state index in [1.807, 2.05) is 22.5 Å². The third kappa shape index (κ3) is 1.51. The first-order chi connectivity index (χ1) is 6.50. The van der Waals surface area contributed by atoms with Gasteiger partial charge in [-0.1, -0.05) is 18.2 Å². The van der Waals surface area contributed by atoms with Gasteiger partial charge in [-0.3, -0.25) is 0 Å². The van der Waals surface area contributed by atoms with Crippen molar-refractivity contribution in [3.8, 4) is 0 Å². The molecule has 0 spiro atoms. The molecular weight excluding hydrogens is 194 g/mol. The van der Waals surface area contributed by atoms with E-state index in [1.165, 1.54) is 5.56 Å². The first-order valence-electron chi connectivity index (χ1n) is 4.77. The van der Waals surface area contributed by atoms with Crippen LogP contribution in [0.15, 0.2) is 29.2 Å². The Bertz CT molecular complexity index is 381. The van der Waals surface area contributed by atoms with Crippen molar-refractivity contribution < 1.29 is 4.21 Å². The minimum atomic E-state index is -0.972. The number of hydrogen-bond donors (Lipinski definition) is 0. The van der Waals surface area contributed by atoms with E-state index in [0.717, 1.165) is 11.4 Å². The van der Waals surface area contributed by atoms with Crippen LogP contribution in [0, 0.1) is 0 Å². The van der Waals surface area contributed by atoms with E-state index < -0.39 is 11.0 Å². The van der Waals surface area contributed by atoms with Crippen molar-refractivity contribution in [3.05, 3.63) is 29.8 Å². The Labute approximate surface area is 87.5 Å². The zero-order chi connectivity index (χ0) is 10.3. The standard InChI is InChI=1S/C11H15NOS/c1-11(2,3)12-8-9-6-4-5-7-10(9)14(12)13/h4-7H,8H2,1-3H3. The van der Waals surface area contributed by atoms with Crippen LogP contribution in [0.4, 0.5) is 0 Å². The molecule has 0 fully saturated rings. The summed E-state index contributed by atoms with van der Waals surface area (Å²) >= 11 is 0. The maximum absolute atomic E-state index is 12.1. The lowest BCUT2D eigenvalue weighted by Crippen LogP contribution is -2.38. The second-order valence-electron chi connectivity index (χ2n) is 4.56. The molecule has 0 amide bonds. The molecule has 1 aromatic carbocycles. The van der Waals surface area contributed by atoms with Crippen LogP contribution in [0.3, 0.4) is 0 Å². The van der Waals surface area contributed by atoms with Crippen molar-refractivity contribution in [3.63, 3.8) is 0 Å². The van der Waals surface area contributed by atoms with Gasteiger partial charge in [-0.15, -0.1) is 0 Å². The highest BCUT2D eigenvalue weighted by Crippen LogP contribution is 2.32. The Morgan fingerprint density at radius 3 is 2.50 bits per heavy atom. The molecule has 76 valence electrons. The minimum absolute atomic E-state index is 0.0378. The van der Waals surface area contributed by atoms with Gasteiger partial charge in [-0.05, 0) is 32.4 Å². The lowest BCUT2D eigenvalue weighted by molar-refractivity contribution is 0.264. The van der Waals surface area contributed by atoms with E-state index in [0.29, 0.717) is 0 Å². The van der Waals surface area contributed by atoms with Crippen LogP contribution in [0.2, 0.25) is 0 Å². The van der Waals surface area contributed by atoms with Crippen LogP contribution in [0.25, 0.3) is 0 Å². The van der Waals surface area contributed by atoms with E-state index >= 15 is 0 Å². The molecule has 0 bridgehead atoms. The van der Waals surface area contributed by atoms with Crippen LogP contribution in [0.1, 0.15) is 26.3 Å². The molecule has 2 nitrogen and oxygen atoms in total. The predicted molar refractivity (Wildman–Crippen MR) is 58.1 cm³/mol. The monoisotopic (exact) mass is 209 g/mol. The fourth-order valence-corrected chi connectivity index (χ4v) is 3.17. The maximum atomic E-state index is 12.1. The molecule has 1 atom stereocenters. The van der Waals surface area contributed by atoms with Gasteiger partial charge in [0, 0.05) is 12.1 Å². The van der Waals surface area contributed by atoms with Crippen molar-refractivity contribution in [1.82, 2.24) is 4.31 Å². The van der Waals surface area contributed by atoms with E-state index in [4.69, 9.17) is 0 Å². The molecule has 1 aromatic rings. The van der Waals surface area contributed by atoms with Crippen molar-refractivity contribution >= 4 is 11.0 Å². The number of rotatable bonds is 0. The SMILES string of the molecule is CC(C)(C)N1Cc2ccccc2S1=O. The second-order valence-corrected chi connectivity index (χ2v) is 5.94. The van der Waals surface area contributed by atoms with Gasteiger partial charge < -0.3 is 0 Å². The fraction of sp³-hybridized carbons (Fsp3) is 0.455. The average Bonchev–Trinajstić information content (AvgIpc) is 2.44. The van der Waals surface area contributed by atoms with Gasteiger partial charge in [0.05, 0.1) is 4.90 Å². The topological polar surface area (TPSA) is 20.3 Å². The molecule has 0 aromatic heterocycles. The van der Waals surface area contributed by atoms with Crippen LogP contribution in [0.5, 0.6) is 0 Å². The highest BCUT2D eigenvalue weighted by molar-refractivity contribution is 7.83. The van der Waals surface area contributed by atoms with Crippen LogP contribution < -0.4 is 0 Å². The quantitative estimate of drug-likeness (QED) is 0.642. The summed E-state index contributed by atoms with van der Waals surface area (Å²) in [7, 11) is -0.972. The Morgan fingerprint density at radius 1 is 1.29 bits per heavy atom. The molecule has 1 unspecified atom stereocenters. The minimum Gasteiger partial charge on any atom is -0.237 e. The van der Waals surface area contributed by atoms with Gasteiger partial charge in [0.25, 0.3) is 0 Å². The maximum Gasteiger partial charge on any atom is 0.128 e. The second kappa shape index (κ2) is 3.17. The zero-order valence-corrected chi connectivity index (χ0v) is 9.60. The smallest absolute Gasteiger partial charge is 0.128 e. The van der Waals surface area contributed by atoms with Gasteiger partial charge in [0.1, 0.15) is 11.0 Å². The van der Waals surface area contributed by atoms with Crippen LogP contribution in [-0.2, 0) is 17.5 Å². The van der Waals surface area contributed by atoms with Crippen molar-refractivity contribution in [1.29, 1.82) is 0 Å². The van der Waals surface area contributed by atoms with Gasteiger partial charge in [0.15, 0.2) is 0 Å². The molecule has 1 heterocycles. The van der Waals surface area contributed by atoms with Crippen molar-refractivity contribution in [2.75, 3.05) is 0 Å². The Balaban J connectivity index is 2.40. The Kier molecular flexibility index (Phi) is 2.24. The molecule has 0 saturated heterocycles. The summed E-state index contributed by atoms with van der Waals surface area (Å²) in [5, 5.41) is 0. The lowest BCUT2D eigenvalue weighted by atomic mass is 10.1. The van der Waals surface area contributed by atoms with Gasteiger partial charge in [0.2, 0.25) is 0 Å². The lowest BCUT2D eigenvalue weighted by Gasteiger charge is -2.29. The molecule has 14 heavy (non-hydrogen) atoms. The van der Waals surface area contributed by atoms with Crippen LogP contribution in [-0.4, -0.2) is 14.1 Å². The normalized spacial score (nSPS) is 22.4. The van der Waals surface area contributed by atoms with Crippen molar-refractivity contribution in [2.45, 2.75) is 37.8 Å². The summed E-state index contributed by atoms with van der Waals surface area (Å²) in [6.07, 6.45) is 0. The van der Waals surface area contributed by atoms with Crippen LogP contribution >= 0.6 is 0 Å². The molecule has 0 N–H and O–H groups in total. The average molecular weight is 209 g/mol. The summed E-state index contributed by atoms with van der Waals surface area (Å²) in [5.41, 5.74) is 1.16. The van der Waals surface area contributed by atoms with Crippen molar-refractivity contribution in [2.24, 2.45) is 0 Å². The Morgan fingerprint density at radius 2 is 1.93 bits per heavy atom. The van der Waals surface area contributed by atoms with E-state index in [2.05, 4.69) is 26.8 Å². The molecule has 1 aliphatic rings. The molecule has 0 saturated carbocycles. The van der Waals surface area contributed by atoms with Gasteiger partial charge >= 0.3 is 0 Å². The number of benzene rings is 1.